The van der Waals surface area contributed by atoms with Crippen LogP contribution in [0.4, 0.5) is 0 Å². The topological polar surface area (TPSA) is 69.3 Å². The number of halogens is 1. The number of carbonyl (C=O) groups is 1. The number of furan rings is 1. The van der Waals surface area contributed by atoms with E-state index in [4.69, 9.17) is 21.3 Å². The molecule has 0 unspecified atom stereocenters. The second-order valence-corrected chi connectivity index (χ2v) is 5.54. The van der Waals surface area contributed by atoms with E-state index in [1.807, 2.05) is 29.2 Å². The number of amides is 1. The van der Waals surface area contributed by atoms with E-state index in [2.05, 4.69) is 11.4 Å². The van der Waals surface area contributed by atoms with Gasteiger partial charge in [-0.25, -0.2) is 0 Å². The summed E-state index contributed by atoms with van der Waals surface area (Å²) in [5.41, 5.74) is 0.945. The Morgan fingerprint density at radius 1 is 1.35 bits per heavy atom. The molecule has 0 saturated heterocycles. The van der Waals surface area contributed by atoms with Crippen LogP contribution in [0.2, 0.25) is 5.02 Å². The summed E-state index contributed by atoms with van der Waals surface area (Å²) in [5, 5.41) is 12.2. The monoisotopic (exact) mass is 331 g/mol. The standard InChI is InChI=1S/C17H18ClN3O2/c18-15-5-1-4-14(10-15)11-20-17(22)13-21(8-3-7-19)12-16-6-2-9-23-16/h1-2,4-6,9-10H,3,8,11-13H2,(H,20,22). The molecule has 0 fully saturated rings. The van der Waals surface area contributed by atoms with Crippen molar-refractivity contribution in [2.45, 2.75) is 19.5 Å². The van der Waals surface area contributed by atoms with E-state index in [9.17, 15) is 4.79 Å². The minimum Gasteiger partial charge on any atom is -0.468 e. The number of rotatable bonds is 8. The number of carbonyl (C=O) groups excluding carboxylic acids is 1. The zero-order valence-corrected chi connectivity index (χ0v) is 13.4. The van der Waals surface area contributed by atoms with Gasteiger partial charge in [0.05, 0.1) is 25.4 Å². The van der Waals surface area contributed by atoms with Gasteiger partial charge in [-0.15, -0.1) is 0 Å². The molecule has 5 nitrogen and oxygen atoms in total. The fourth-order valence-electron chi connectivity index (χ4n) is 2.15. The number of hydrogen-bond donors (Lipinski definition) is 1. The third-order valence-corrected chi connectivity index (χ3v) is 3.48. The molecule has 1 amide bonds. The average Bonchev–Trinajstić information content (AvgIpc) is 3.04. The van der Waals surface area contributed by atoms with Gasteiger partial charge in [-0.1, -0.05) is 23.7 Å². The highest BCUT2D eigenvalue weighted by Crippen LogP contribution is 2.10. The molecule has 0 bridgehead atoms. The number of benzene rings is 1. The highest BCUT2D eigenvalue weighted by molar-refractivity contribution is 6.30. The Hall–Kier alpha value is -2.29. The molecule has 2 rings (SSSR count). The van der Waals surface area contributed by atoms with Gasteiger partial charge in [-0.2, -0.15) is 5.26 Å². The van der Waals surface area contributed by atoms with Crippen LogP contribution in [0.5, 0.6) is 0 Å². The van der Waals surface area contributed by atoms with Crippen LogP contribution in [-0.4, -0.2) is 23.9 Å². The van der Waals surface area contributed by atoms with Gasteiger partial charge in [-0.05, 0) is 29.8 Å². The highest BCUT2D eigenvalue weighted by atomic mass is 35.5. The minimum absolute atomic E-state index is 0.102. The molecule has 120 valence electrons. The first-order valence-corrected chi connectivity index (χ1v) is 7.68. The molecular formula is C17H18ClN3O2. The van der Waals surface area contributed by atoms with Crippen LogP contribution in [0.3, 0.4) is 0 Å². The summed E-state index contributed by atoms with van der Waals surface area (Å²) in [6.07, 6.45) is 1.96. The number of nitriles is 1. The zero-order valence-electron chi connectivity index (χ0n) is 12.7. The summed E-state index contributed by atoms with van der Waals surface area (Å²) >= 11 is 5.92. The fourth-order valence-corrected chi connectivity index (χ4v) is 2.36. The van der Waals surface area contributed by atoms with Gasteiger partial charge in [-0.3, -0.25) is 9.69 Å². The lowest BCUT2D eigenvalue weighted by Crippen LogP contribution is -2.37. The molecule has 0 aliphatic rings. The van der Waals surface area contributed by atoms with Gasteiger partial charge in [0.1, 0.15) is 5.76 Å². The highest BCUT2D eigenvalue weighted by Gasteiger charge is 2.12. The van der Waals surface area contributed by atoms with Gasteiger partial charge in [0.15, 0.2) is 0 Å². The summed E-state index contributed by atoms with van der Waals surface area (Å²) in [7, 11) is 0. The van der Waals surface area contributed by atoms with Gasteiger partial charge in [0.25, 0.3) is 0 Å². The second-order valence-electron chi connectivity index (χ2n) is 5.10. The van der Waals surface area contributed by atoms with Gasteiger partial charge in [0.2, 0.25) is 5.91 Å². The van der Waals surface area contributed by atoms with Crippen molar-refractivity contribution in [3.05, 3.63) is 59.0 Å². The lowest BCUT2D eigenvalue weighted by molar-refractivity contribution is -0.122. The third-order valence-electron chi connectivity index (χ3n) is 3.25. The summed E-state index contributed by atoms with van der Waals surface area (Å²) in [6.45, 7) is 1.65. The fraction of sp³-hybridized carbons (Fsp3) is 0.294. The van der Waals surface area contributed by atoms with Gasteiger partial charge >= 0.3 is 0 Å². The molecule has 23 heavy (non-hydrogen) atoms. The van der Waals surface area contributed by atoms with Crippen molar-refractivity contribution >= 4 is 17.5 Å². The Morgan fingerprint density at radius 2 is 2.22 bits per heavy atom. The normalized spacial score (nSPS) is 10.5. The molecule has 6 heteroatoms. The van der Waals surface area contributed by atoms with Crippen molar-refractivity contribution in [3.63, 3.8) is 0 Å². The molecule has 1 N–H and O–H groups in total. The Balaban J connectivity index is 1.85. The van der Waals surface area contributed by atoms with E-state index in [0.717, 1.165) is 11.3 Å². The van der Waals surface area contributed by atoms with Crippen LogP contribution in [0.25, 0.3) is 0 Å². The maximum Gasteiger partial charge on any atom is 0.234 e. The summed E-state index contributed by atoms with van der Waals surface area (Å²) in [5.74, 6) is 0.667. The maximum absolute atomic E-state index is 12.1. The Bertz CT molecular complexity index is 665. The smallest absolute Gasteiger partial charge is 0.234 e. The molecule has 0 aliphatic heterocycles. The molecule has 2 aromatic rings. The number of hydrogen-bond acceptors (Lipinski definition) is 4. The molecule has 0 atom stereocenters. The van der Waals surface area contributed by atoms with E-state index < -0.39 is 0 Å². The first kappa shape index (κ1) is 17.1. The van der Waals surface area contributed by atoms with Crippen molar-refractivity contribution in [1.29, 1.82) is 5.26 Å². The molecule has 0 spiro atoms. The molecular weight excluding hydrogens is 314 g/mol. The van der Waals surface area contributed by atoms with Crippen LogP contribution in [-0.2, 0) is 17.9 Å². The molecule has 0 aliphatic carbocycles. The second kappa shape index (κ2) is 8.99. The molecule has 1 aromatic carbocycles. The first-order chi connectivity index (χ1) is 11.2. The van der Waals surface area contributed by atoms with Crippen LogP contribution in [0, 0.1) is 11.3 Å². The molecule has 0 saturated carbocycles. The lowest BCUT2D eigenvalue weighted by Gasteiger charge is -2.19. The molecule has 1 aromatic heterocycles. The molecule has 1 heterocycles. The summed E-state index contributed by atoms with van der Waals surface area (Å²) in [4.78, 5) is 14.0. The van der Waals surface area contributed by atoms with Crippen molar-refractivity contribution < 1.29 is 9.21 Å². The third kappa shape index (κ3) is 6.15. The van der Waals surface area contributed by atoms with E-state index in [1.165, 1.54) is 0 Å². The predicted molar refractivity (Wildman–Crippen MR) is 87.5 cm³/mol. The van der Waals surface area contributed by atoms with E-state index in [-0.39, 0.29) is 12.5 Å². The van der Waals surface area contributed by atoms with Crippen LogP contribution < -0.4 is 5.32 Å². The van der Waals surface area contributed by atoms with E-state index in [0.29, 0.717) is 31.1 Å². The van der Waals surface area contributed by atoms with Crippen LogP contribution in [0.1, 0.15) is 17.7 Å². The van der Waals surface area contributed by atoms with Crippen LogP contribution in [0.15, 0.2) is 47.1 Å². The van der Waals surface area contributed by atoms with Gasteiger partial charge in [0, 0.05) is 24.5 Å². The van der Waals surface area contributed by atoms with Crippen molar-refractivity contribution in [1.82, 2.24) is 10.2 Å². The predicted octanol–water partition coefficient (Wildman–Crippen LogP) is 2.97. The number of nitrogens with one attached hydrogen (secondary N) is 1. The SMILES string of the molecule is N#CCCN(CC(=O)NCc1cccc(Cl)c1)Cc1ccco1. The van der Waals surface area contributed by atoms with Crippen molar-refractivity contribution in [3.8, 4) is 6.07 Å². The minimum atomic E-state index is -0.102. The number of nitrogens with zero attached hydrogens (tertiary/aromatic N) is 2. The van der Waals surface area contributed by atoms with Crippen molar-refractivity contribution in [2.75, 3.05) is 13.1 Å². The summed E-state index contributed by atoms with van der Waals surface area (Å²) in [6, 6.07) is 13.1. The zero-order chi connectivity index (χ0) is 16.5. The largest absolute Gasteiger partial charge is 0.468 e. The maximum atomic E-state index is 12.1. The Kier molecular flexibility index (Phi) is 6.67. The average molecular weight is 332 g/mol. The Morgan fingerprint density at radius 3 is 2.91 bits per heavy atom. The lowest BCUT2D eigenvalue weighted by atomic mass is 10.2. The summed E-state index contributed by atoms with van der Waals surface area (Å²) < 4.78 is 5.30. The quantitative estimate of drug-likeness (QED) is 0.807. The van der Waals surface area contributed by atoms with Crippen molar-refractivity contribution in [2.24, 2.45) is 0 Å². The molecule has 0 radical (unpaired) electrons. The van der Waals surface area contributed by atoms with Crippen LogP contribution >= 0.6 is 11.6 Å². The van der Waals surface area contributed by atoms with E-state index in [1.54, 1.807) is 18.4 Å². The van der Waals surface area contributed by atoms with E-state index >= 15 is 0 Å². The van der Waals surface area contributed by atoms with Gasteiger partial charge < -0.3 is 9.73 Å². The first-order valence-electron chi connectivity index (χ1n) is 7.30. The Labute approximate surface area is 140 Å².